The van der Waals surface area contributed by atoms with Crippen LogP contribution in [0.2, 0.25) is 0 Å². The molecule has 0 aliphatic rings. The molecule has 3 aromatic rings. The van der Waals surface area contributed by atoms with Crippen LogP contribution in [0.4, 0.5) is 8.78 Å². The molecule has 0 bridgehead atoms. The highest BCUT2D eigenvalue weighted by Crippen LogP contribution is 2.19. The predicted octanol–water partition coefficient (Wildman–Crippen LogP) is 2.60. The van der Waals surface area contributed by atoms with Crippen molar-refractivity contribution < 1.29 is 13.3 Å². The highest BCUT2D eigenvalue weighted by atomic mass is 32.1. The minimum absolute atomic E-state index is 0.194. The zero-order valence-electron chi connectivity index (χ0n) is 9.56. The van der Waals surface area contributed by atoms with Gasteiger partial charge in [-0.25, -0.2) is 8.78 Å². The van der Waals surface area contributed by atoms with Crippen molar-refractivity contribution in [2.75, 3.05) is 0 Å². The molecule has 0 atom stereocenters. The molecule has 19 heavy (non-hydrogen) atoms. The lowest BCUT2D eigenvalue weighted by Crippen LogP contribution is -2.02. The van der Waals surface area contributed by atoms with Crippen molar-refractivity contribution >= 4 is 23.3 Å². The van der Waals surface area contributed by atoms with Gasteiger partial charge in [-0.1, -0.05) is 5.16 Å². The molecule has 1 aromatic carbocycles. The first-order valence-corrected chi connectivity index (χ1v) is 5.89. The third-order valence-electron chi connectivity index (χ3n) is 2.77. The number of nitrogens with one attached hydrogen (secondary N) is 1. The van der Waals surface area contributed by atoms with Crippen LogP contribution in [0.25, 0.3) is 11.0 Å². The quantitative estimate of drug-likeness (QED) is 0.750. The van der Waals surface area contributed by atoms with Crippen LogP contribution in [0, 0.1) is 16.4 Å². The fourth-order valence-corrected chi connectivity index (χ4v) is 2.21. The molecule has 1 N–H and O–H groups in total. The summed E-state index contributed by atoms with van der Waals surface area (Å²) < 4.78 is 33.4. The first-order valence-electron chi connectivity index (χ1n) is 5.48. The number of rotatable bonds is 3. The second-order valence-corrected chi connectivity index (χ2v) is 4.35. The van der Waals surface area contributed by atoms with Gasteiger partial charge in [0.25, 0.3) is 0 Å². The van der Waals surface area contributed by atoms with E-state index in [9.17, 15) is 8.78 Å². The summed E-state index contributed by atoms with van der Waals surface area (Å²) in [6.45, 7) is 0.404. The predicted molar refractivity (Wildman–Crippen MR) is 65.0 cm³/mol. The van der Waals surface area contributed by atoms with Gasteiger partial charge in [0.1, 0.15) is 11.3 Å². The van der Waals surface area contributed by atoms with Gasteiger partial charge in [-0.3, -0.25) is 0 Å². The van der Waals surface area contributed by atoms with E-state index in [-0.39, 0.29) is 5.52 Å². The largest absolute Gasteiger partial charge is 0.343 e. The number of halogens is 2. The minimum atomic E-state index is -0.667. The molecule has 98 valence electrons. The Morgan fingerprint density at radius 2 is 2.21 bits per heavy atom. The maximum atomic E-state index is 13.6. The fraction of sp³-hybridized carbons (Fsp3) is 0.182. The summed E-state index contributed by atoms with van der Waals surface area (Å²) in [6.07, 6.45) is 1.68. The van der Waals surface area contributed by atoms with Gasteiger partial charge in [-0.15, -0.1) is 0 Å². The van der Waals surface area contributed by atoms with Gasteiger partial charge >= 0.3 is 0 Å². The first kappa shape index (κ1) is 12.0. The van der Waals surface area contributed by atoms with E-state index in [1.807, 2.05) is 0 Å². The molecule has 0 aliphatic carbocycles. The van der Waals surface area contributed by atoms with E-state index in [1.165, 1.54) is 12.5 Å². The number of imidazole rings is 1. The second-order valence-electron chi connectivity index (χ2n) is 3.96. The van der Waals surface area contributed by atoms with Gasteiger partial charge in [0, 0.05) is 19.0 Å². The number of benzene rings is 1. The van der Waals surface area contributed by atoms with Crippen molar-refractivity contribution in [1.82, 2.24) is 19.7 Å². The van der Waals surface area contributed by atoms with Crippen molar-refractivity contribution in [3.05, 3.63) is 40.8 Å². The van der Waals surface area contributed by atoms with Gasteiger partial charge in [0.15, 0.2) is 16.4 Å². The Morgan fingerprint density at radius 3 is 2.95 bits per heavy atom. The van der Waals surface area contributed by atoms with E-state index in [2.05, 4.69) is 19.6 Å². The third kappa shape index (κ3) is 2.14. The van der Waals surface area contributed by atoms with E-state index in [1.54, 1.807) is 4.57 Å². The average molecular weight is 282 g/mol. The number of fused-ring (bicyclic) bond motifs is 1. The second kappa shape index (κ2) is 4.54. The topological polar surface area (TPSA) is 59.6 Å². The number of H-pyrrole nitrogens is 1. The highest BCUT2D eigenvalue weighted by Gasteiger charge is 2.11. The molecular formula is C11H8F2N4OS. The number of hydrogen-bond donors (Lipinski definition) is 1. The van der Waals surface area contributed by atoms with Gasteiger partial charge in [-0.05, 0) is 18.3 Å². The molecule has 0 amide bonds. The smallest absolute Gasteiger partial charge is 0.213 e. The van der Waals surface area contributed by atoms with Crippen molar-refractivity contribution in [3.8, 4) is 0 Å². The van der Waals surface area contributed by atoms with E-state index < -0.39 is 11.6 Å². The number of aromatic nitrogens is 4. The Hall–Kier alpha value is -2.09. The first-order chi connectivity index (χ1) is 9.15. The summed E-state index contributed by atoms with van der Waals surface area (Å²) in [5.41, 5.74) is 0.575. The summed E-state index contributed by atoms with van der Waals surface area (Å²) >= 11 is 5.10. The van der Waals surface area contributed by atoms with Crippen LogP contribution in [0.15, 0.2) is 23.0 Å². The van der Waals surface area contributed by atoms with Crippen LogP contribution < -0.4 is 0 Å². The zero-order valence-corrected chi connectivity index (χ0v) is 10.4. The average Bonchev–Trinajstić information content (AvgIpc) is 2.95. The Bertz CT molecular complexity index is 778. The molecular weight excluding hydrogens is 274 g/mol. The van der Waals surface area contributed by atoms with Crippen molar-refractivity contribution in [2.45, 2.75) is 13.0 Å². The maximum Gasteiger partial charge on any atom is 0.213 e. The van der Waals surface area contributed by atoms with E-state index in [4.69, 9.17) is 12.2 Å². The Balaban J connectivity index is 2.03. The van der Waals surface area contributed by atoms with Gasteiger partial charge < -0.3 is 14.1 Å². The lowest BCUT2D eigenvalue weighted by atomic mass is 10.3. The molecule has 0 saturated carbocycles. The number of aromatic amines is 1. The molecule has 2 heterocycles. The number of nitrogens with zero attached hydrogens (tertiary/aromatic N) is 3. The standard InChI is InChI=1S/C11H8F2N4OS/c12-6-3-7(13)10-8(4-6)17(11(19)15-10)2-1-9-14-5-18-16-9/h3-5H,1-2H2,(H,15,19). The van der Waals surface area contributed by atoms with Crippen LogP contribution in [0.1, 0.15) is 5.82 Å². The van der Waals surface area contributed by atoms with E-state index in [0.717, 1.165) is 6.07 Å². The molecule has 0 aliphatic heterocycles. The summed E-state index contributed by atoms with van der Waals surface area (Å²) in [7, 11) is 0. The van der Waals surface area contributed by atoms with Gasteiger partial charge in [0.05, 0.1) is 5.52 Å². The summed E-state index contributed by atoms with van der Waals surface area (Å²) in [5, 5.41) is 3.67. The molecule has 3 rings (SSSR count). The fourth-order valence-electron chi connectivity index (χ4n) is 1.92. The Kier molecular flexibility index (Phi) is 2.86. The Labute approximate surface area is 110 Å². The highest BCUT2D eigenvalue weighted by molar-refractivity contribution is 7.71. The van der Waals surface area contributed by atoms with Crippen LogP contribution in [0.3, 0.4) is 0 Å². The number of hydrogen-bond acceptors (Lipinski definition) is 4. The van der Waals surface area contributed by atoms with E-state index in [0.29, 0.717) is 29.1 Å². The van der Waals surface area contributed by atoms with Crippen LogP contribution in [0.5, 0.6) is 0 Å². The molecule has 2 aromatic heterocycles. The van der Waals surface area contributed by atoms with Crippen molar-refractivity contribution in [1.29, 1.82) is 0 Å². The van der Waals surface area contributed by atoms with E-state index >= 15 is 0 Å². The molecule has 8 heteroatoms. The number of aryl methyl sites for hydroxylation is 2. The van der Waals surface area contributed by atoms with Gasteiger partial charge in [0.2, 0.25) is 6.39 Å². The van der Waals surface area contributed by atoms with Crippen LogP contribution >= 0.6 is 12.2 Å². The SMILES string of the molecule is Fc1cc(F)c2[nH]c(=S)n(CCc3ncon3)c2c1. The van der Waals surface area contributed by atoms with Gasteiger partial charge in [-0.2, -0.15) is 4.98 Å². The minimum Gasteiger partial charge on any atom is -0.343 e. The molecule has 5 nitrogen and oxygen atoms in total. The summed E-state index contributed by atoms with van der Waals surface area (Å²) in [4.78, 5) is 6.60. The molecule has 0 saturated heterocycles. The summed E-state index contributed by atoms with van der Waals surface area (Å²) in [5.74, 6) is -0.806. The zero-order chi connectivity index (χ0) is 13.4. The lowest BCUT2D eigenvalue weighted by molar-refractivity contribution is 0.408. The molecule has 0 unspecified atom stereocenters. The molecule has 0 fully saturated rings. The maximum absolute atomic E-state index is 13.6. The molecule has 0 radical (unpaired) electrons. The molecule has 0 spiro atoms. The third-order valence-corrected chi connectivity index (χ3v) is 3.09. The monoisotopic (exact) mass is 282 g/mol. The summed E-state index contributed by atoms with van der Waals surface area (Å²) in [6, 6.07) is 2.05. The van der Waals surface area contributed by atoms with Crippen LogP contribution in [-0.4, -0.2) is 19.7 Å². The normalized spacial score (nSPS) is 11.3. The van der Waals surface area contributed by atoms with Crippen molar-refractivity contribution in [2.24, 2.45) is 0 Å². The lowest BCUT2D eigenvalue weighted by Gasteiger charge is -2.02. The Morgan fingerprint density at radius 1 is 1.37 bits per heavy atom. The van der Waals surface area contributed by atoms with Crippen LogP contribution in [-0.2, 0) is 13.0 Å². The van der Waals surface area contributed by atoms with Crippen molar-refractivity contribution in [3.63, 3.8) is 0 Å².